The van der Waals surface area contributed by atoms with Crippen molar-refractivity contribution in [3.05, 3.63) is 17.1 Å². The summed E-state index contributed by atoms with van der Waals surface area (Å²) < 4.78 is 31.0. The largest absolute Gasteiger partial charge is 0.279 e. The van der Waals surface area contributed by atoms with Crippen LogP contribution in [0.1, 0.15) is 18.2 Å². The molecule has 0 spiro atoms. The Morgan fingerprint density at radius 3 is 3.07 bits per heavy atom. The number of rotatable bonds is 1. The van der Waals surface area contributed by atoms with Crippen molar-refractivity contribution in [2.45, 2.75) is 12.5 Å². The molecular formula is C7H11N3O2S2. The lowest BCUT2D eigenvalue weighted by atomic mass is 10.1. The Morgan fingerprint density at radius 2 is 2.50 bits per heavy atom. The molecule has 1 N–H and O–H groups in total. The van der Waals surface area contributed by atoms with E-state index in [1.165, 1.54) is 15.8 Å². The van der Waals surface area contributed by atoms with Crippen molar-refractivity contribution in [3.63, 3.8) is 0 Å². The molecule has 0 amide bonds. The van der Waals surface area contributed by atoms with Crippen LogP contribution in [0.4, 0.5) is 0 Å². The van der Waals surface area contributed by atoms with E-state index in [4.69, 9.17) is 0 Å². The van der Waals surface area contributed by atoms with E-state index in [0.717, 1.165) is 12.1 Å². The van der Waals surface area contributed by atoms with Gasteiger partial charge in [-0.25, -0.2) is 0 Å². The molecule has 0 saturated carbocycles. The number of nitrogens with one attached hydrogen (secondary N) is 1. The fourth-order valence-electron chi connectivity index (χ4n) is 1.37. The third kappa shape index (κ3) is 1.81. The van der Waals surface area contributed by atoms with E-state index >= 15 is 0 Å². The molecule has 0 aromatic carbocycles. The van der Waals surface area contributed by atoms with Crippen molar-refractivity contribution in [1.82, 2.24) is 13.4 Å². The molecule has 1 aromatic rings. The van der Waals surface area contributed by atoms with Crippen LogP contribution in [0.2, 0.25) is 0 Å². The summed E-state index contributed by atoms with van der Waals surface area (Å²) in [5, 5.41) is 1.85. The summed E-state index contributed by atoms with van der Waals surface area (Å²) in [5.74, 6) is 0. The maximum Gasteiger partial charge on any atom is 0.279 e. The molecule has 1 aliphatic rings. The third-order valence-electron chi connectivity index (χ3n) is 2.25. The molecule has 0 radical (unpaired) electrons. The molecule has 5 nitrogen and oxygen atoms in total. The van der Waals surface area contributed by atoms with Gasteiger partial charge in [0.05, 0.1) is 11.7 Å². The zero-order valence-electron chi connectivity index (χ0n) is 7.67. The molecule has 0 aliphatic carbocycles. The van der Waals surface area contributed by atoms with Gasteiger partial charge in [-0.3, -0.25) is 0 Å². The Kier molecular flexibility index (Phi) is 2.56. The second-order valence-corrected chi connectivity index (χ2v) is 5.68. The van der Waals surface area contributed by atoms with Crippen LogP contribution < -0.4 is 4.72 Å². The van der Waals surface area contributed by atoms with Crippen LogP contribution >= 0.6 is 11.5 Å². The first kappa shape index (κ1) is 10.0. The van der Waals surface area contributed by atoms with Gasteiger partial charge >= 0.3 is 0 Å². The predicted octanol–water partition coefficient (Wildman–Crippen LogP) is 0.354. The topological polar surface area (TPSA) is 62.3 Å². The monoisotopic (exact) mass is 233 g/mol. The Labute approximate surface area is 87.1 Å². The average molecular weight is 233 g/mol. The Bertz CT molecular complexity index is 401. The van der Waals surface area contributed by atoms with Crippen molar-refractivity contribution >= 4 is 21.7 Å². The van der Waals surface area contributed by atoms with Gasteiger partial charge in [-0.05, 0) is 24.0 Å². The minimum Gasteiger partial charge on any atom is -0.196 e. The molecule has 1 saturated heterocycles. The van der Waals surface area contributed by atoms with Crippen LogP contribution in [0.3, 0.4) is 0 Å². The molecular weight excluding hydrogens is 222 g/mol. The second-order valence-electron chi connectivity index (χ2n) is 3.21. The van der Waals surface area contributed by atoms with Gasteiger partial charge < -0.3 is 0 Å². The van der Waals surface area contributed by atoms with Crippen LogP contribution in [0, 0.1) is 0 Å². The van der Waals surface area contributed by atoms with Crippen LogP contribution in [0.5, 0.6) is 0 Å². The predicted molar refractivity (Wildman–Crippen MR) is 54.2 cm³/mol. The number of hydrogen-bond acceptors (Lipinski definition) is 4. The van der Waals surface area contributed by atoms with Crippen molar-refractivity contribution in [1.29, 1.82) is 0 Å². The summed E-state index contributed by atoms with van der Waals surface area (Å²) in [6.45, 7) is 0.539. The maximum absolute atomic E-state index is 11.5. The summed E-state index contributed by atoms with van der Waals surface area (Å²) in [4.78, 5) is 0. The maximum atomic E-state index is 11.5. The summed E-state index contributed by atoms with van der Waals surface area (Å²) in [5.41, 5.74) is 0.812. The molecule has 0 unspecified atom stereocenters. The van der Waals surface area contributed by atoms with Gasteiger partial charge in [0.2, 0.25) is 0 Å². The quantitative estimate of drug-likeness (QED) is 0.761. The minimum absolute atomic E-state index is 0.164. The Hall–Kier alpha value is -0.500. The van der Waals surface area contributed by atoms with Gasteiger partial charge in [0.15, 0.2) is 0 Å². The number of aromatic nitrogens is 1. The summed E-state index contributed by atoms with van der Waals surface area (Å²) in [6.07, 6.45) is 0.763. The van der Waals surface area contributed by atoms with E-state index in [2.05, 4.69) is 9.10 Å². The molecule has 14 heavy (non-hydrogen) atoms. The van der Waals surface area contributed by atoms with Gasteiger partial charge in [-0.1, -0.05) is 0 Å². The number of nitrogens with zero attached hydrogens (tertiary/aromatic N) is 2. The third-order valence-corrected chi connectivity index (χ3v) is 4.41. The molecule has 2 rings (SSSR count). The van der Waals surface area contributed by atoms with Crippen LogP contribution in [-0.2, 0) is 10.2 Å². The lowest BCUT2D eigenvalue weighted by Crippen LogP contribution is -2.46. The highest BCUT2D eigenvalue weighted by molar-refractivity contribution is 7.87. The van der Waals surface area contributed by atoms with Crippen molar-refractivity contribution in [2.75, 3.05) is 13.6 Å². The van der Waals surface area contributed by atoms with Gasteiger partial charge in [0, 0.05) is 19.0 Å². The standard InChI is InChI=1S/C7H11N3O2S2/c1-10-4-2-7(9-14(10,11)12)6-3-5-13-8-6/h3,5,7,9H,2,4H2,1H3/t7-/m0/s1. The summed E-state index contributed by atoms with van der Waals surface area (Å²) >= 11 is 1.34. The highest BCUT2D eigenvalue weighted by atomic mass is 32.2. The number of hydrogen-bond donors (Lipinski definition) is 1. The Morgan fingerprint density at radius 1 is 1.71 bits per heavy atom. The van der Waals surface area contributed by atoms with Crippen LogP contribution in [0.25, 0.3) is 0 Å². The molecule has 78 valence electrons. The van der Waals surface area contributed by atoms with Crippen molar-refractivity contribution in [2.24, 2.45) is 0 Å². The fourth-order valence-corrected chi connectivity index (χ4v) is 3.06. The van der Waals surface area contributed by atoms with Crippen LogP contribution in [0.15, 0.2) is 11.4 Å². The van der Waals surface area contributed by atoms with Crippen molar-refractivity contribution < 1.29 is 8.42 Å². The highest BCUT2D eigenvalue weighted by Gasteiger charge is 2.29. The van der Waals surface area contributed by atoms with E-state index in [0.29, 0.717) is 6.54 Å². The zero-order chi connectivity index (χ0) is 10.2. The van der Waals surface area contributed by atoms with E-state index in [1.807, 2.05) is 11.4 Å². The molecule has 2 heterocycles. The highest BCUT2D eigenvalue weighted by Crippen LogP contribution is 2.22. The molecule has 0 bridgehead atoms. The van der Waals surface area contributed by atoms with Gasteiger partial charge in [-0.15, -0.1) is 0 Å². The van der Waals surface area contributed by atoms with Crippen LogP contribution in [-0.4, -0.2) is 30.7 Å². The van der Waals surface area contributed by atoms with E-state index < -0.39 is 10.2 Å². The first-order chi connectivity index (χ1) is 6.59. The Balaban J connectivity index is 2.19. The first-order valence-electron chi connectivity index (χ1n) is 4.23. The zero-order valence-corrected chi connectivity index (χ0v) is 9.31. The van der Waals surface area contributed by atoms with Crippen molar-refractivity contribution in [3.8, 4) is 0 Å². The summed E-state index contributed by atoms with van der Waals surface area (Å²) in [6, 6.07) is 1.69. The molecule has 1 atom stereocenters. The lowest BCUT2D eigenvalue weighted by molar-refractivity contribution is 0.379. The van der Waals surface area contributed by atoms with Gasteiger partial charge in [0.25, 0.3) is 10.2 Å². The molecule has 1 aliphatic heterocycles. The normalized spacial score (nSPS) is 27.6. The van der Waals surface area contributed by atoms with Gasteiger partial charge in [0.1, 0.15) is 0 Å². The summed E-state index contributed by atoms with van der Waals surface area (Å²) in [7, 11) is -1.72. The van der Waals surface area contributed by atoms with Gasteiger partial charge in [-0.2, -0.15) is 21.8 Å². The van der Waals surface area contributed by atoms with E-state index in [-0.39, 0.29) is 6.04 Å². The van der Waals surface area contributed by atoms with E-state index in [9.17, 15) is 8.42 Å². The minimum atomic E-state index is -3.29. The molecule has 7 heteroatoms. The molecule has 1 fully saturated rings. The SMILES string of the molecule is CN1CC[C@@H](c2ccsn2)NS1(=O)=O. The fraction of sp³-hybridized carbons (Fsp3) is 0.571. The second kappa shape index (κ2) is 3.58. The first-order valence-corrected chi connectivity index (χ1v) is 6.51. The lowest BCUT2D eigenvalue weighted by Gasteiger charge is -2.28. The van der Waals surface area contributed by atoms with E-state index in [1.54, 1.807) is 7.05 Å². The average Bonchev–Trinajstić information content (AvgIpc) is 2.62. The molecule has 1 aromatic heterocycles. The smallest absolute Gasteiger partial charge is 0.196 e.